The molecule has 0 aliphatic carbocycles. The lowest BCUT2D eigenvalue weighted by atomic mass is 9.97. The maximum absolute atomic E-state index is 14.9. The quantitative estimate of drug-likeness (QED) is 0.657. The van der Waals surface area contributed by atoms with E-state index in [1.165, 1.54) is 11.0 Å². The number of hydrogen-bond acceptors (Lipinski definition) is 7. The van der Waals surface area contributed by atoms with Gasteiger partial charge >= 0.3 is 6.09 Å². The van der Waals surface area contributed by atoms with Gasteiger partial charge in [0.05, 0.1) is 25.4 Å². The Hall–Kier alpha value is -3.31. The Morgan fingerprint density at radius 3 is 2.70 bits per heavy atom. The van der Waals surface area contributed by atoms with Gasteiger partial charge in [-0.1, -0.05) is 12.2 Å². The van der Waals surface area contributed by atoms with Crippen molar-refractivity contribution < 1.29 is 38.1 Å². The predicted molar refractivity (Wildman–Crippen MR) is 114 cm³/mol. The number of aliphatic imine (C=N–C) groups is 1. The number of carbonyl (C=O) groups excluding carboxylic acids is 2. The van der Waals surface area contributed by atoms with Gasteiger partial charge in [0.15, 0.2) is 12.2 Å². The molecule has 0 saturated carbocycles. The maximum Gasteiger partial charge on any atom is 0.414 e. The summed E-state index contributed by atoms with van der Waals surface area (Å²) in [5.74, 6) is -1.89. The van der Waals surface area contributed by atoms with Crippen LogP contribution in [0.15, 0.2) is 35.4 Å². The maximum atomic E-state index is 14.9. The summed E-state index contributed by atoms with van der Waals surface area (Å²) in [5, 5.41) is 18.4. The highest BCUT2D eigenvalue weighted by Gasteiger charge is 2.34. The zero-order valence-electron chi connectivity index (χ0n) is 17.6. The summed E-state index contributed by atoms with van der Waals surface area (Å²) >= 11 is 0. The minimum absolute atomic E-state index is 0.0265. The zero-order chi connectivity index (χ0) is 23.5. The summed E-state index contributed by atoms with van der Waals surface area (Å²) in [4.78, 5) is 30.7. The van der Waals surface area contributed by atoms with Crippen LogP contribution in [0.25, 0.3) is 5.57 Å². The number of amides is 2. The van der Waals surface area contributed by atoms with E-state index >= 15 is 0 Å². The molecule has 1 aromatic carbocycles. The number of hydrogen-bond donors (Lipinski definition) is 2. The number of nitrogens with zero attached hydrogens (tertiary/aromatic N) is 3. The summed E-state index contributed by atoms with van der Waals surface area (Å²) in [6.45, 7) is 0.165. The molecule has 33 heavy (non-hydrogen) atoms. The number of aliphatic hydroxyl groups is 2. The third kappa shape index (κ3) is 4.88. The summed E-state index contributed by atoms with van der Waals surface area (Å²) in [5.41, 5.74) is 0.172. The van der Waals surface area contributed by atoms with Crippen molar-refractivity contribution in [3.05, 3.63) is 47.6 Å². The van der Waals surface area contributed by atoms with Gasteiger partial charge in [-0.05, 0) is 30.2 Å². The first kappa shape index (κ1) is 22.9. The third-order valence-electron chi connectivity index (χ3n) is 5.54. The number of carbonyl (C=O) groups is 2. The van der Waals surface area contributed by atoms with Gasteiger partial charge in [-0.3, -0.25) is 9.69 Å². The van der Waals surface area contributed by atoms with E-state index in [0.717, 1.165) is 17.0 Å². The third-order valence-corrected chi connectivity index (χ3v) is 5.54. The Bertz CT molecular complexity index is 1020. The fourth-order valence-corrected chi connectivity index (χ4v) is 3.85. The molecule has 0 aromatic heterocycles. The van der Waals surface area contributed by atoms with Gasteiger partial charge in [-0.25, -0.2) is 18.6 Å². The minimum Gasteiger partial charge on any atom is -0.474 e. The summed E-state index contributed by atoms with van der Waals surface area (Å²) in [6.07, 6.45) is 2.34. The average Bonchev–Trinajstić information content (AvgIpc) is 3.46. The highest BCUT2D eigenvalue weighted by Crippen LogP contribution is 2.32. The molecule has 0 unspecified atom stereocenters. The van der Waals surface area contributed by atoms with Crippen molar-refractivity contribution in [3.8, 4) is 0 Å². The largest absolute Gasteiger partial charge is 0.474 e. The van der Waals surface area contributed by atoms with E-state index < -0.39 is 42.4 Å². The molecule has 2 amide bonds. The summed E-state index contributed by atoms with van der Waals surface area (Å²) in [6, 6.07) is 2.14. The number of rotatable bonds is 6. The fourth-order valence-electron chi connectivity index (χ4n) is 3.85. The zero-order valence-corrected chi connectivity index (χ0v) is 17.6. The van der Waals surface area contributed by atoms with Crippen LogP contribution in [0.4, 0.5) is 19.3 Å². The average molecular weight is 463 g/mol. The van der Waals surface area contributed by atoms with Crippen molar-refractivity contribution in [3.63, 3.8) is 0 Å². The first-order valence-electron chi connectivity index (χ1n) is 10.5. The van der Waals surface area contributed by atoms with Crippen molar-refractivity contribution in [1.82, 2.24) is 4.90 Å². The molecule has 1 aromatic rings. The predicted octanol–water partition coefficient (Wildman–Crippen LogP) is 1.24. The van der Waals surface area contributed by atoms with E-state index in [4.69, 9.17) is 14.6 Å². The standard InChI is InChI=1S/C22H23F2N3O6/c23-16-8-14(27-10-15(33-22(27)31)12-32-19-2-1-5-25-19)9-17(24)20(16)13-3-6-26(7-4-13)21(30)18(29)11-28/h1-3,8-9,15,18,28-29H,4-7,10-12H2/t15-,18+/m1/s1. The highest BCUT2D eigenvalue weighted by atomic mass is 19.1. The Morgan fingerprint density at radius 2 is 2.09 bits per heavy atom. The molecule has 3 heterocycles. The van der Waals surface area contributed by atoms with Gasteiger partial charge < -0.3 is 24.6 Å². The van der Waals surface area contributed by atoms with Crippen LogP contribution < -0.4 is 4.90 Å². The molecule has 1 saturated heterocycles. The van der Waals surface area contributed by atoms with E-state index in [1.54, 1.807) is 6.08 Å². The lowest BCUT2D eigenvalue weighted by Crippen LogP contribution is -2.42. The van der Waals surface area contributed by atoms with Crippen LogP contribution in [0.5, 0.6) is 0 Å². The highest BCUT2D eigenvalue weighted by molar-refractivity contribution is 5.91. The minimum atomic E-state index is -1.52. The number of aliphatic hydroxyl groups excluding tert-OH is 2. The van der Waals surface area contributed by atoms with E-state index in [0.29, 0.717) is 18.0 Å². The number of benzene rings is 1. The molecule has 0 spiro atoms. The van der Waals surface area contributed by atoms with E-state index in [2.05, 4.69) is 4.99 Å². The van der Waals surface area contributed by atoms with E-state index in [9.17, 15) is 23.5 Å². The lowest BCUT2D eigenvalue weighted by Gasteiger charge is -2.28. The SMILES string of the molecule is O=C([C@@H](O)CO)N1CC=C(c2c(F)cc(N3C[C@H](COC4=NCC=C4)OC3=O)cc2F)CC1. The molecule has 11 heteroatoms. The second-order valence-electron chi connectivity index (χ2n) is 7.76. The van der Waals surface area contributed by atoms with Crippen LogP contribution in [-0.4, -0.2) is 84.6 Å². The fraction of sp³-hybridized carbons (Fsp3) is 0.409. The number of ether oxygens (including phenoxy) is 2. The van der Waals surface area contributed by atoms with Crippen molar-refractivity contribution in [1.29, 1.82) is 0 Å². The second kappa shape index (κ2) is 9.67. The second-order valence-corrected chi connectivity index (χ2v) is 7.76. The van der Waals surface area contributed by atoms with Crippen molar-refractivity contribution in [2.24, 2.45) is 4.99 Å². The molecular formula is C22H23F2N3O6. The van der Waals surface area contributed by atoms with Gasteiger partial charge in [0.1, 0.15) is 18.2 Å². The normalized spacial score (nSPS) is 21.1. The van der Waals surface area contributed by atoms with E-state index in [-0.39, 0.29) is 43.9 Å². The van der Waals surface area contributed by atoms with Crippen LogP contribution in [0, 0.1) is 11.6 Å². The molecule has 1 fully saturated rings. The Morgan fingerprint density at radius 1 is 1.33 bits per heavy atom. The topological polar surface area (TPSA) is 112 Å². The van der Waals surface area contributed by atoms with Crippen LogP contribution in [0.1, 0.15) is 12.0 Å². The van der Waals surface area contributed by atoms with E-state index in [1.807, 2.05) is 6.08 Å². The van der Waals surface area contributed by atoms with Crippen LogP contribution in [0.2, 0.25) is 0 Å². The Kier molecular flexibility index (Phi) is 6.70. The van der Waals surface area contributed by atoms with Gasteiger partial charge in [0, 0.05) is 18.7 Å². The van der Waals surface area contributed by atoms with Crippen LogP contribution >= 0.6 is 0 Å². The molecule has 0 radical (unpaired) electrons. The van der Waals surface area contributed by atoms with Crippen molar-refractivity contribution in [2.45, 2.75) is 18.6 Å². The number of anilines is 1. The first-order chi connectivity index (χ1) is 15.9. The lowest BCUT2D eigenvalue weighted by molar-refractivity contribution is -0.141. The van der Waals surface area contributed by atoms with Gasteiger partial charge in [0.25, 0.3) is 5.91 Å². The van der Waals surface area contributed by atoms with Gasteiger partial charge in [-0.15, -0.1) is 0 Å². The molecule has 3 aliphatic heterocycles. The van der Waals surface area contributed by atoms with Crippen molar-refractivity contribution >= 4 is 29.2 Å². The molecule has 3 aliphatic rings. The van der Waals surface area contributed by atoms with Gasteiger partial charge in [0.2, 0.25) is 5.90 Å². The molecule has 9 nitrogen and oxygen atoms in total. The summed E-state index contributed by atoms with van der Waals surface area (Å²) < 4.78 is 40.5. The molecule has 2 N–H and O–H groups in total. The molecule has 0 bridgehead atoms. The number of cyclic esters (lactones) is 1. The molecule has 176 valence electrons. The molecule has 4 rings (SSSR count). The molecular weight excluding hydrogens is 440 g/mol. The smallest absolute Gasteiger partial charge is 0.414 e. The van der Waals surface area contributed by atoms with Crippen LogP contribution in [-0.2, 0) is 14.3 Å². The van der Waals surface area contributed by atoms with Crippen LogP contribution in [0.3, 0.4) is 0 Å². The Balaban J connectivity index is 1.44. The Labute approximate surface area is 188 Å². The molecule has 2 atom stereocenters. The first-order valence-corrected chi connectivity index (χ1v) is 10.5. The number of halogens is 2. The monoisotopic (exact) mass is 463 g/mol. The summed E-state index contributed by atoms with van der Waals surface area (Å²) in [7, 11) is 0. The van der Waals surface area contributed by atoms with Crippen molar-refractivity contribution in [2.75, 3.05) is 44.3 Å². The van der Waals surface area contributed by atoms with Gasteiger partial charge in [-0.2, -0.15) is 0 Å².